The molecular weight excluding hydrogens is 1440 g/mol. The first-order chi connectivity index (χ1) is 54.1. The lowest BCUT2D eigenvalue weighted by Crippen LogP contribution is -2.30. The summed E-state index contributed by atoms with van der Waals surface area (Å²) >= 11 is 0. The fourth-order valence-electron chi connectivity index (χ4n) is 14.5. The number of aliphatic hydroxyl groups is 1. The van der Waals surface area contributed by atoms with Crippen molar-refractivity contribution < 1.29 is 80.2 Å². The van der Waals surface area contributed by atoms with E-state index in [0.29, 0.717) is 25.7 Å². The minimum absolute atomic E-state index is 0.108. The van der Waals surface area contributed by atoms with Gasteiger partial charge in [0.25, 0.3) is 0 Å². The molecule has 19 heteroatoms. The summed E-state index contributed by atoms with van der Waals surface area (Å²) in [7, 11) is -9.93. The zero-order valence-electron chi connectivity index (χ0n) is 73.1. The Bertz CT molecular complexity index is 2100. The van der Waals surface area contributed by atoms with Crippen LogP contribution in [-0.4, -0.2) is 96.7 Å². The van der Waals surface area contributed by atoms with Crippen molar-refractivity contribution in [2.45, 2.75) is 522 Å². The third kappa shape index (κ3) is 84.3. The molecule has 6 atom stereocenters. The van der Waals surface area contributed by atoms with Crippen molar-refractivity contribution in [1.29, 1.82) is 0 Å². The first-order valence-corrected chi connectivity index (χ1v) is 50.7. The summed E-state index contributed by atoms with van der Waals surface area (Å²) in [6.45, 7) is 7.44. The lowest BCUT2D eigenvalue weighted by Gasteiger charge is -2.21. The van der Waals surface area contributed by atoms with E-state index in [2.05, 4.69) is 34.6 Å². The van der Waals surface area contributed by atoms with Gasteiger partial charge in [-0.3, -0.25) is 37.3 Å². The fraction of sp³-hybridized carbons (Fsp3) is 0.957. The van der Waals surface area contributed by atoms with Crippen molar-refractivity contribution >= 4 is 39.5 Å². The number of rotatable bonds is 92. The van der Waals surface area contributed by atoms with Crippen molar-refractivity contribution in [1.82, 2.24) is 0 Å². The molecule has 0 saturated carbocycles. The first-order valence-electron chi connectivity index (χ1n) is 47.7. The van der Waals surface area contributed by atoms with Gasteiger partial charge in [-0.2, -0.15) is 0 Å². The van der Waals surface area contributed by atoms with Gasteiger partial charge >= 0.3 is 39.5 Å². The number of esters is 4. The molecule has 3 unspecified atom stereocenters. The van der Waals surface area contributed by atoms with Crippen LogP contribution < -0.4 is 0 Å². The Balaban J connectivity index is 5.21. The molecule has 0 heterocycles. The lowest BCUT2D eigenvalue weighted by atomic mass is 9.99. The highest BCUT2D eigenvalue weighted by Gasteiger charge is 2.31. The molecule has 17 nitrogen and oxygen atoms in total. The van der Waals surface area contributed by atoms with E-state index in [-0.39, 0.29) is 25.7 Å². The Kier molecular flexibility index (Phi) is 83.0. The van der Waals surface area contributed by atoms with Gasteiger partial charge in [0.05, 0.1) is 26.4 Å². The van der Waals surface area contributed by atoms with Gasteiger partial charge in [0.2, 0.25) is 0 Å². The molecule has 660 valence electrons. The maximum atomic E-state index is 13.2. The van der Waals surface area contributed by atoms with Crippen LogP contribution in [0.1, 0.15) is 503 Å². The summed E-state index contributed by atoms with van der Waals surface area (Å²) in [6, 6.07) is 0. The minimum atomic E-state index is -4.97. The molecule has 3 N–H and O–H groups in total. The molecule has 0 aliphatic heterocycles. The number of carbonyl (C=O) groups is 4. The predicted octanol–water partition coefficient (Wildman–Crippen LogP) is 28.7. The minimum Gasteiger partial charge on any atom is -0.462 e. The number of ether oxygens (including phenoxy) is 4. The molecule has 0 rings (SSSR count). The molecule has 0 spiro atoms. The van der Waals surface area contributed by atoms with Crippen LogP contribution in [-0.2, 0) is 65.4 Å². The summed E-state index contributed by atoms with van der Waals surface area (Å²) in [5, 5.41) is 10.7. The number of unbranched alkanes of at least 4 members (excludes halogenated alkanes) is 63. The standard InChI is InChI=1S/C92H180O17P2/c1-6-10-13-16-19-22-25-27-29-31-33-35-37-39-41-43-48-52-57-62-67-72-77-91(96)109-88(82-103-90(95)76-71-66-61-56-51-47-42-40-38-36-34-32-30-28-26-23-20-17-14-11-7-2)84-107-111(100,101)105-80-86(93)79-104-110(98,99)106-83-87(81-102-89(94)75-70-65-60-55-24-21-18-15-12-8-3)108-92(97)78-73-68-63-58-53-49-45-44-46-50-54-59-64-69-74-85(5)9-4/h85-88,93H,6-84H2,1-5H3,(H,98,99)(H,100,101)/t85?,86-,87+,88+/m0/s1. The summed E-state index contributed by atoms with van der Waals surface area (Å²) in [6.07, 6.45) is 80.7. The second-order valence-corrected chi connectivity index (χ2v) is 36.2. The van der Waals surface area contributed by atoms with E-state index in [1.165, 1.54) is 327 Å². The summed E-state index contributed by atoms with van der Waals surface area (Å²) < 4.78 is 69.1. The maximum absolute atomic E-state index is 13.2. The van der Waals surface area contributed by atoms with Gasteiger partial charge in [-0.25, -0.2) is 9.13 Å². The molecular formula is C92H180O17P2. The summed E-state index contributed by atoms with van der Waals surface area (Å²) in [5.41, 5.74) is 0. The van der Waals surface area contributed by atoms with Crippen molar-refractivity contribution in [3.63, 3.8) is 0 Å². The molecule has 0 amide bonds. The highest BCUT2D eigenvalue weighted by molar-refractivity contribution is 7.47. The second kappa shape index (κ2) is 84.5. The third-order valence-corrected chi connectivity index (χ3v) is 24.0. The highest BCUT2D eigenvalue weighted by atomic mass is 31.2. The van der Waals surface area contributed by atoms with Gasteiger partial charge in [-0.05, 0) is 31.6 Å². The first kappa shape index (κ1) is 109. The van der Waals surface area contributed by atoms with Gasteiger partial charge in [-0.15, -0.1) is 0 Å². The normalized spacial score (nSPS) is 13.9. The van der Waals surface area contributed by atoms with E-state index >= 15 is 0 Å². The number of phosphoric ester groups is 2. The number of carbonyl (C=O) groups excluding carboxylic acids is 4. The molecule has 0 radical (unpaired) electrons. The Hall–Kier alpha value is -1.94. The van der Waals surface area contributed by atoms with Crippen LogP contribution in [0, 0.1) is 5.92 Å². The summed E-state index contributed by atoms with van der Waals surface area (Å²) in [4.78, 5) is 73.4. The average Bonchev–Trinajstić information content (AvgIpc) is 0.900. The van der Waals surface area contributed by atoms with E-state index in [1.54, 1.807) is 0 Å². The van der Waals surface area contributed by atoms with E-state index in [4.69, 9.17) is 37.0 Å². The van der Waals surface area contributed by atoms with Crippen LogP contribution in [0.4, 0.5) is 0 Å². The Morgan fingerprint density at radius 2 is 0.432 bits per heavy atom. The van der Waals surface area contributed by atoms with Crippen LogP contribution in [0.3, 0.4) is 0 Å². The molecule has 0 fully saturated rings. The molecule has 0 aromatic heterocycles. The smallest absolute Gasteiger partial charge is 0.462 e. The fourth-order valence-corrected chi connectivity index (χ4v) is 16.1. The summed E-state index contributed by atoms with van der Waals surface area (Å²) in [5.74, 6) is -1.25. The maximum Gasteiger partial charge on any atom is 0.472 e. The number of phosphoric acid groups is 2. The topological polar surface area (TPSA) is 237 Å². The van der Waals surface area contributed by atoms with Crippen molar-refractivity contribution in [2.75, 3.05) is 39.6 Å². The van der Waals surface area contributed by atoms with Crippen LogP contribution >= 0.6 is 15.6 Å². The van der Waals surface area contributed by atoms with Crippen LogP contribution in [0.2, 0.25) is 0 Å². The van der Waals surface area contributed by atoms with E-state index in [1.807, 2.05) is 0 Å². The van der Waals surface area contributed by atoms with Crippen molar-refractivity contribution in [2.24, 2.45) is 5.92 Å². The van der Waals surface area contributed by atoms with Crippen LogP contribution in [0.5, 0.6) is 0 Å². The number of hydrogen-bond acceptors (Lipinski definition) is 15. The zero-order valence-corrected chi connectivity index (χ0v) is 74.9. The molecule has 0 aliphatic rings. The molecule has 0 bridgehead atoms. The molecule has 0 saturated heterocycles. The van der Waals surface area contributed by atoms with Gasteiger partial charge in [0.15, 0.2) is 12.2 Å². The SMILES string of the molecule is CCCCCCCCCCCCCCCCCCCCCCCCC(=O)O[C@H](COC(=O)CCCCCCCCCCCCCCCCCCCCCCC)COP(=O)(O)OC[C@@H](O)COP(=O)(O)OC[C@@H](COC(=O)CCCCCCCCCCCC)OC(=O)CCCCCCCCCCCCCCCCC(C)CC. The number of aliphatic hydroxyl groups excluding tert-OH is 1. The highest BCUT2D eigenvalue weighted by Crippen LogP contribution is 2.45. The van der Waals surface area contributed by atoms with Gasteiger partial charge < -0.3 is 33.8 Å². The third-order valence-electron chi connectivity index (χ3n) is 22.1. The largest absolute Gasteiger partial charge is 0.472 e. The Morgan fingerprint density at radius 1 is 0.252 bits per heavy atom. The molecule has 0 aromatic rings. The van der Waals surface area contributed by atoms with Crippen LogP contribution in [0.25, 0.3) is 0 Å². The molecule has 0 aliphatic carbocycles. The number of hydrogen-bond donors (Lipinski definition) is 3. The molecule has 0 aromatic carbocycles. The molecule has 111 heavy (non-hydrogen) atoms. The Labute approximate surface area is 683 Å². The Morgan fingerprint density at radius 3 is 0.640 bits per heavy atom. The van der Waals surface area contributed by atoms with Gasteiger partial charge in [0.1, 0.15) is 19.3 Å². The quantitative estimate of drug-likeness (QED) is 0.0222. The van der Waals surface area contributed by atoms with Gasteiger partial charge in [-0.1, -0.05) is 452 Å². The monoisotopic (exact) mass is 1620 g/mol. The van der Waals surface area contributed by atoms with Crippen molar-refractivity contribution in [3.05, 3.63) is 0 Å². The lowest BCUT2D eigenvalue weighted by molar-refractivity contribution is -0.161. The second-order valence-electron chi connectivity index (χ2n) is 33.3. The van der Waals surface area contributed by atoms with Crippen LogP contribution in [0.15, 0.2) is 0 Å². The predicted molar refractivity (Wildman–Crippen MR) is 460 cm³/mol. The van der Waals surface area contributed by atoms with E-state index in [0.717, 1.165) is 95.8 Å². The van der Waals surface area contributed by atoms with Crippen molar-refractivity contribution in [3.8, 4) is 0 Å². The average molecular weight is 1620 g/mol. The van der Waals surface area contributed by atoms with E-state index < -0.39 is 97.5 Å². The van der Waals surface area contributed by atoms with E-state index in [9.17, 15) is 43.2 Å². The van der Waals surface area contributed by atoms with Gasteiger partial charge in [0, 0.05) is 25.7 Å². The zero-order chi connectivity index (χ0) is 81.1.